The van der Waals surface area contributed by atoms with Gasteiger partial charge in [0.05, 0.1) is 15.3 Å². The number of fused-ring (bicyclic) bond motifs is 1. The second-order valence-electron chi connectivity index (χ2n) is 5.51. The number of ketones is 1. The molecule has 1 atom stereocenters. The van der Waals surface area contributed by atoms with Crippen LogP contribution in [0.5, 0.6) is 0 Å². The molecule has 22 heavy (non-hydrogen) atoms. The standard InChI is InChI=1S/C18H16Cl2OS/c1-11(22-18-15(19)6-3-7-16(18)20)17(21)14-9-8-12-4-2-5-13(12)10-14/h3,6-11H,2,4-5H2,1H3. The van der Waals surface area contributed by atoms with Crippen molar-refractivity contribution in [2.45, 2.75) is 36.3 Å². The van der Waals surface area contributed by atoms with Crippen LogP contribution in [0, 0.1) is 0 Å². The second-order valence-corrected chi connectivity index (χ2v) is 7.68. The molecule has 0 N–H and O–H groups in total. The first-order chi connectivity index (χ1) is 10.6. The maximum atomic E-state index is 12.7. The molecule has 4 heteroatoms. The lowest BCUT2D eigenvalue weighted by Gasteiger charge is -2.13. The van der Waals surface area contributed by atoms with Crippen molar-refractivity contribution in [3.05, 3.63) is 63.1 Å². The Morgan fingerprint density at radius 1 is 1.09 bits per heavy atom. The van der Waals surface area contributed by atoms with Crippen LogP contribution in [-0.2, 0) is 12.8 Å². The summed E-state index contributed by atoms with van der Waals surface area (Å²) < 4.78 is 0. The van der Waals surface area contributed by atoms with E-state index in [-0.39, 0.29) is 11.0 Å². The van der Waals surface area contributed by atoms with Gasteiger partial charge in [-0.1, -0.05) is 41.4 Å². The van der Waals surface area contributed by atoms with Crippen LogP contribution in [0.15, 0.2) is 41.3 Å². The van der Waals surface area contributed by atoms with Crippen molar-refractivity contribution in [3.63, 3.8) is 0 Å². The number of Topliss-reactive ketones (excluding diaryl/α,β-unsaturated/α-hetero) is 1. The molecule has 1 aliphatic rings. The van der Waals surface area contributed by atoms with Crippen LogP contribution in [0.4, 0.5) is 0 Å². The lowest BCUT2D eigenvalue weighted by Crippen LogP contribution is -2.14. The molecule has 0 amide bonds. The van der Waals surface area contributed by atoms with Gasteiger partial charge in [-0.05, 0) is 55.5 Å². The summed E-state index contributed by atoms with van der Waals surface area (Å²) in [6, 6.07) is 11.5. The van der Waals surface area contributed by atoms with Crippen LogP contribution in [0.25, 0.3) is 0 Å². The Balaban J connectivity index is 1.80. The Bertz CT molecular complexity index is 707. The Hall–Kier alpha value is -0.960. The average Bonchev–Trinajstić information content (AvgIpc) is 2.97. The molecule has 0 spiro atoms. The fourth-order valence-electron chi connectivity index (χ4n) is 2.79. The van der Waals surface area contributed by atoms with Gasteiger partial charge in [-0.2, -0.15) is 0 Å². The van der Waals surface area contributed by atoms with Gasteiger partial charge in [0.2, 0.25) is 0 Å². The van der Waals surface area contributed by atoms with E-state index in [1.165, 1.54) is 29.3 Å². The minimum Gasteiger partial charge on any atom is -0.293 e. The van der Waals surface area contributed by atoms with Gasteiger partial charge in [0, 0.05) is 10.5 Å². The molecule has 2 aromatic rings. The number of carbonyl (C=O) groups is 1. The molecule has 0 aliphatic heterocycles. The first-order valence-electron chi connectivity index (χ1n) is 7.33. The minimum atomic E-state index is -0.225. The number of hydrogen-bond acceptors (Lipinski definition) is 2. The van der Waals surface area contributed by atoms with Crippen LogP contribution < -0.4 is 0 Å². The van der Waals surface area contributed by atoms with Gasteiger partial charge in [-0.15, -0.1) is 11.8 Å². The van der Waals surface area contributed by atoms with Gasteiger partial charge in [-0.3, -0.25) is 4.79 Å². The van der Waals surface area contributed by atoms with E-state index in [1.54, 1.807) is 12.1 Å². The van der Waals surface area contributed by atoms with E-state index >= 15 is 0 Å². The van der Waals surface area contributed by atoms with E-state index in [2.05, 4.69) is 12.1 Å². The number of aryl methyl sites for hydroxylation is 2. The summed E-state index contributed by atoms with van der Waals surface area (Å²) in [6.45, 7) is 1.90. The number of hydrogen-bond donors (Lipinski definition) is 0. The number of thioether (sulfide) groups is 1. The summed E-state index contributed by atoms with van der Waals surface area (Å²) in [5, 5.41) is 0.953. The molecule has 0 heterocycles. The van der Waals surface area contributed by atoms with Gasteiger partial charge in [-0.25, -0.2) is 0 Å². The largest absolute Gasteiger partial charge is 0.293 e. The quantitative estimate of drug-likeness (QED) is 0.508. The van der Waals surface area contributed by atoms with Crippen molar-refractivity contribution < 1.29 is 4.79 Å². The Morgan fingerprint density at radius 2 is 1.77 bits per heavy atom. The predicted octanol–water partition coefficient (Wildman–Crippen LogP) is 5.85. The molecule has 2 aromatic carbocycles. The van der Waals surface area contributed by atoms with Gasteiger partial charge in [0.15, 0.2) is 5.78 Å². The molecule has 0 bridgehead atoms. The molecular weight excluding hydrogens is 335 g/mol. The molecule has 1 nitrogen and oxygen atoms in total. The highest BCUT2D eigenvalue weighted by Crippen LogP contribution is 2.37. The molecular formula is C18H16Cl2OS. The van der Waals surface area contributed by atoms with Gasteiger partial charge in [0.1, 0.15) is 0 Å². The summed E-state index contributed by atoms with van der Waals surface area (Å²) in [4.78, 5) is 13.4. The van der Waals surface area contributed by atoms with E-state index in [9.17, 15) is 4.79 Å². The monoisotopic (exact) mass is 350 g/mol. The third-order valence-electron chi connectivity index (χ3n) is 3.97. The molecule has 0 fully saturated rings. The smallest absolute Gasteiger partial charge is 0.175 e. The van der Waals surface area contributed by atoms with Crippen molar-refractivity contribution >= 4 is 40.7 Å². The SMILES string of the molecule is CC(Sc1c(Cl)cccc1Cl)C(=O)c1ccc2c(c1)CCC2. The molecule has 0 aromatic heterocycles. The van der Waals surface area contributed by atoms with Crippen molar-refractivity contribution in [2.24, 2.45) is 0 Å². The van der Waals surface area contributed by atoms with Crippen molar-refractivity contribution in [3.8, 4) is 0 Å². The van der Waals surface area contributed by atoms with E-state index in [0.29, 0.717) is 10.0 Å². The van der Waals surface area contributed by atoms with E-state index in [1.807, 2.05) is 19.1 Å². The topological polar surface area (TPSA) is 17.1 Å². The molecule has 3 rings (SSSR count). The van der Waals surface area contributed by atoms with Crippen LogP contribution >= 0.6 is 35.0 Å². The first kappa shape index (κ1) is 15.9. The second kappa shape index (κ2) is 6.66. The maximum Gasteiger partial charge on any atom is 0.175 e. The average molecular weight is 351 g/mol. The van der Waals surface area contributed by atoms with E-state index in [4.69, 9.17) is 23.2 Å². The van der Waals surface area contributed by atoms with Crippen LogP contribution in [0.1, 0.15) is 34.8 Å². The molecule has 1 unspecified atom stereocenters. The van der Waals surface area contributed by atoms with Crippen molar-refractivity contribution in [2.75, 3.05) is 0 Å². The molecule has 0 saturated heterocycles. The molecule has 0 saturated carbocycles. The highest BCUT2D eigenvalue weighted by Gasteiger charge is 2.21. The summed E-state index contributed by atoms with van der Waals surface area (Å²) in [5.41, 5.74) is 3.48. The summed E-state index contributed by atoms with van der Waals surface area (Å²) in [5.74, 6) is 0.121. The Morgan fingerprint density at radius 3 is 2.50 bits per heavy atom. The number of halogens is 2. The third-order valence-corrected chi connectivity index (χ3v) is 6.06. The van der Waals surface area contributed by atoms with Crippen molar-refractivity contribution in [1.82, 2.24) is 0 Å². The zero-order chi connectivity index (χ0) is 15.7. The van der Waals surface area contributed by atoms with E-state index in [0.717, 1.165) is 23.3 Å². The fourth-order valence-corrected chi connectivity index (χ4v) is 4.41. The van der Waals surface area contributed by atoms with Crippen LogP contribution in [-0.4, -0.2) is 11.0 Å². The number of carbonyl (C=O) groups excluding carboxylic acids is 1. The highest BCUT2D eigenvalue weighted by atomic mass is 35.5. The Labute approximate surface area is 145 Å². The van der Waals surface area contributed by atoms with Gasteiger partial charge >= 0.3 is 0 Å². The predicted molar refractivity (Wildman–Crippen MR) is 94.6 cm³/mol. The minimum absolute atomic E-state index is 0.121. The lowest BCUT2D eigenvalue weighted by atomic mass is 10.0. The molecule has 1 aliphatic carbocycles. The molecule has 114 valence electrons. The van der Waals surface area contributed by atoms with Crippen LogP contribution in [0.2, 0.25) is 10.0 Å². The highest BCUT2D eigenvalue weighted by molar-refractivity contribution is 8.00. The van der Waals surface area contributed by atoms with Crippen molar-refractivity contribution in [1.29, 1.82) is 0 Å². The number of rotatable bonds is 4. The zero-order valence-electron chi connectivity index (χ0n) is 12.2. The lowest BCUT2D eigenvalue weighted by molar-refractivity contribution is 0.0994. The first-order valence-corrected chi connectivity index (χ1v) is 8.96. The fraction of sp³-hybridized carbons (Fsp3) is 0.278. The summed E-state index contributed by atoms with van der Waals surface area (Å²) in [6.07, 6.45) is 3.39. The van der Waals surface area contributed by atoms with Gasteiger partial charge < -0.3 is 0 Å². The zero-order valence-corrected chi connectivity index (χ0v) is 14.6. The summed E-state index contributed by atoms with van der Waals surface area (Å²) in [7, 11) is 0. The third kappa shape index (κ3) is 3.19. The Kier molecular flexibility index (Phi) is 4.82. The number of benzene rings is 2. The normalized spacial score (nSPS) is 14.7. The molecule has 0 radical (unpaired) electrons. The summed E-state index contributed by atoms with van der Waals surface area (Å²) >= 11 is 13.8. The van der Waals surface area contributed by atoms with Crippen LogP contribution in [0.3, 0.4) is 0 Å². The van der Waals surface area contributed by atoms with E-state index < -0.39 is 0 Å². The van der Waals surface area contributed by atoms with Gasteiger partial charge in [0.25, 0.3) is 0 Å². The maximum absolute atomic E-state index is 12.7.